The third-order valence-corrected chi connectivity index (χ3v) is 5.18. The predicted octanol–water partition coefficient (Wildman–Crippen LogP) is 3.16. The Bertz CT molecular complexity index is 1110. The Hall–Kier alpha value is -4.01. The van der Waals surface area contributed by atoms with E-state index >= 15 is 0 Å². The maximum absolute atomic E-state index is 13.8. The number of nitrogens with zero attached hydrogens (tertiary/aromatic N) is 2. The Labute approximate surface area is 190 Å². The number of nitrogens with two attached hydrogens (primary N) is 2. The van der Waals surface area contributed by atoms with E-state index in [1.54, 1.807) is 17.0 Å². The fraction of sp³-hybridized carbons (Fsp3) is 0.208. The molecule has 0 spiro atoms. The fourth-order valence-electron chi connectivity index (χ4n) is 3.46. The molecule has 1 atom stereocenters. The molecule has 0 aromatic heterocycles. The van der Waals surface area contributed by atoms with E-state index in [-0.39, 0.29) is 34.8 Å². The molecule has 1 saturated heterocycles. The second-order valence-electron chi connectivity index (χ2n) is 7.45. The van der Waals surface area contributed by atoms with Gasteiger partial charge in [0.2, 0.25) is 5.91 Å². The van der Waals surface area contributed by atoms with Gasteiger partial charge in [0.15, 0.2) is 17.9 Å². The van der Waals surface area contributed by atoms with Gasteiger partial charge in [-0.05, 0) is 60.9 Å². The van der Waals surface area contributed by atoms with E-state index in [1.165, 1.54) is 24.3 Å². The molecular weight excluding hydrogens is 430 g/mol. The monoisotopic (exact) mass is 454 g/mol. The highest BCUT2D eigenvalue weighted by molar-refractivity contribution is 6.18. The lowest BCUT2D eigenvalue weighted by molar-refractivity contribution is -0.127. The van der Waals surface area contributed by atoms with E-state index in [1.807, 2.05) is 0 Å². The molecule has 1 fully saturated rings. The average molecular weight is 454 g/mol. The molecule has 1 aliphatic heterocycles. The van der Waals surface area contributed by atoms with Crippen LogP contribution in [0.25, 0.3) is 5.70 Å². The second kappa shape index (κ2) is 10.5. The summed E-state index contributed by atoms with van der Waals surface area (Å²) in [6.45, 7) is 4.49. The van der Waals surface area contributed by atoms with Crippen molar-refractivity contribution in [1.29, 1.82) is 0 Å². The van der Waals surface area contributed by atoms with Crippen molar-refractivity contribution in [3.8, 4) is 11.5 Å². The lowest BCUT2D eigenvalue weighted by Crippen LogP contribution is -2.41. The van der Waals surface area contributed by atoms with Crippen LogP contribution in [-0.2, 0) is 9.59 Å². The van der Waals surface area contributed by atoms with Crippen molar-refractivity contribution in [2.24, 2.45) is 16.5 Å². The number of hydrogen-bond donors (Lipinski definition) is 2. The zero-order valence-electron chi connectivity index (χ0n) is 17.8. The lowest BCUT2D eigenvalue weighted by atomic mass is 10.0. The molecule has 33 heavy (non-hydrogen) atoms. The highest BCUT2D eigenvalue weighted by Gasteiger charge is 2.22. The molecule has 172 valence electrons. The molecule has 0 radical (unpaired) electrons. The fourth-order valence-corrected chi connectivity index (χ4v) is 3.46. The second-order valence-corrected chi connectivity index (χ2v) is 7.45. The zero-order valence-corrected chi connectivity index (χ0v) is 17.8. The Kier molecular flexibility index (Phi) is 7.55. The quantitative estimate of drug-likeness (QED) is 0.289. The molecule has 1 heterocycles. The highest BCUT2D eigenvalue weighted by Crippen LogP contribution is 2.26. The number of amidine groups is 1. The van der Waals surface area contributed by atoms with Gasteiger partial charge in [-0.1, -0.05) is 6.58 Å². The minimum atomic E-state index is -0.832. The van der Waals surface area contributed by atoms with Crippen LogP contribution in [-0.4, -0.2) is 42.1 Å². The number of benzene rings is 2. The average Bonchev–Trinajstić information content (AvgIpc) is 2.81. The molecule has 1 amide bonds. The van der Waals surface area contributed by atoms with Crippen molar-refractivity contribution >= 4 is 23.7 Å². The van der Waals surface area contributed by atoms with Crippen LogP contribution in [0.1, 0.15) is 18.4 Å². The molecule has 4 N–H and O–H groups in total. The number of hydrogen-bond acceptors (Lipinski definition) is 5. The molecule has 3 rings (SSSR count). The van der Waals surface area contributed by atoms with Crippen molar-refractivity contribution < 1.29 is 23.1 Å². The number of ether oxygens (including phenoxy) is 1. The van der Waals surface area contributed by atoms with Crippen LogP contribution in [0.2, 0.25) is 0 Å². The van der Waals surface area contributed by atoms with E-state index < -0.39 is 11.6 Å². The topological polar surface area (TPSA) is 111 Å². The lowest BCUT2D eigenvalue weighted by Gasteiger charge is -2.30. The summed E-state index contributed by atoms with van der Waals surface area (Å²) in [6.07, 6.45) is 3.26. The summed E-state index contributed by atoms with van der Waals surface area (Å²) < 4.78 is 32.2. The van der Waals surface area contributed by atoms with Crippen molar-refractivity contribution in [3.05, 3.63) is 77.9 Å². The maximum atomic E-state index is 13.8. The first kappa shape index (κ1) is 23.6. The van der Waals surface area contributed by atoms with Crippen molar-refractivity contribution in [3.63, 3.8) is 0 Å². The maximum Gasteiger partial charge on any atom is 0.246 e. The van der Waals surface area contributed by atoms with Crippen LogP contribution in [0, 0.1) is 11.6 Å². The number of carbonyl (C=O) groups is 2. The van der Waals surface area contributed by atoms with Gasteiger partial charge in [0.1, 0.15) is 17.4 Å². The van der Waals surface area contributed by atoms with E-state index in [2.05, 4.69) is 11.6 Å². The third-order valence-electron chi connectivity index (χ3n) is 5.18. The van der Waals surface area contributed by atoms with Gasteiger partial charge < -0.3 is 21.1 Å². The summed E-state index contributed by atoms with van der Waals surface area (Å²) in [5.74, 6) is -1.57. The van der Waals surface area contributed by atoms with Crippen molar-refractivity contribution in [2.45, 2.75) is 18.9 Å². The summed E-state index contributed by atoms with van der Waals surface area (Å²) in [6, 6.07) is 8.95. The van der Waals surface area contributed by atoms with Crippen LogP contribution in [0.4, 0.5) is 8.78 Å². The summed E-state index contributed by atoms with van der Waals surface area (Å²) in [5, 5.41) is 0. The van der Waals surface area contributed by atoms with Gasteiger partial charge in [0.05, 0.1) is 17.3 Å². The normalized spacial score (nSPS) is 17.2. The molecule has 7 nitrogen and oxygen atoms in total. The van der Waals surface area contributed by atoms with Crippen LogP contribution >= 0.6 is 0 Å². The van der Waals surface area contributed by atoms with Gasteiger partial charge in [-0.25, -0.2) is 8.78 Å². The Morgan fingerprint density at radius 2 is 1.91 bits per heavy atom. The summed E-state index contributed by atoms with van der Waals surface area (Å²) in [5.41, 5.74) is 12.9. The molecule has 0 bridgehead atoms. The number of aldehydes is 1. The standard InChI is InChI=1S/C24H24F2N4O3/c1-2-22(32)30-11-3-4-17(13-30)29-24(28)19(14-31)23(27)15-5-8-18(9-6-15)33-21-10-7-16(25)12-20(21)26/h2,5-10,12,14,17H,1,3-4,11,13,27H2,(H2,28,29)/t17-/m1/s1. The minimum absolute atomic E-state index is 0.0193. The van der Waals surface area contributed by atoms with E-state index in [4.69, 9.17) is 16.2 Å². The predicted molar refractivity (Wildman–Crippen MR) is 121 cm³/mol. The Morgan fingerprint density at radius 3 is 2.55 bits per heavy atom. The molecule has 1 aliphatic rings. The molecular formula is C24H24F2N4O3. The number of likely N-dealkylation sites (tertiary alicyclic amines) is 1. The smallest absolute Gasteiger partial charge is 0.246 e. The molecule has 0 unspecified atom stereocenters. The third kappa shape index (κ3) is 5.82. The minimum Gasteiger partial charge on any atom is -0.454 e. The molecule has 2 aromatic rings. The molecule has 2 aromatic carbocycles. The highest BCUT2D eigenvalue weighted by atomic mass is 19.1. The molecule has 9 heteroatoms. The van der Waals surface area contributed by atoms with Crippen LogP contribution in [0.5, 0.6) is 11.5 Å². The largest absolute Gasteiger partial charge is 0.454 e. The van der Waals surface area contributed by atoms with Gasteiger partial charge >= 0.3 is 0 Å². The van der Waals surface area contributed by atoms with Gasteiger partial charge in [-0.3, -0.25) is 14.6 Å². The summed E-state index contributed by atoms with van der Waals surface area (Å²) in [4.78, 5) is 29.6. The SMILES string of the molecule is C=CC(=O)N1CCC[C@@H](N=C(N)C(C=O)=C(N)c2ccc(Oc3ccc(F)cc3F)cc2)C1. The van der Waals surface area contributed by atoms with Crippen molar-refractivity contribution in [2.75, 3.05) is 13.1 Å². The molecule has 0 aliphatic carbocycles. The Balaban J connectivity index is 1.77. The van der Waals surface area contributed by atoms with E-state index in [0.717, 1.165) is 25.0 Å². The molecule has 0 saturated carbocycles. The van der Waals surface area contributed by atoms with Crippen LogP contribution in [0.3, 0.4) is 0 Å². The van der Waals surface area contributed by atoms with E-state index in [0.29, 0.717) is 30.7 Å². The van der Waals surface area contributed by atoms with Gasteiger partial charge in [-0.2, -0.15) is 0 Å². The van der Waals surface area contributed by atoms with Gasteiger partial charge in [0.25, 0.3) is 0 Å². The number of rotatable bonds is 7. The number of carbonyl (C=O) groups excluding carboxylic acids is 2. The van der Waals surface area contributed by atoms with E-state index in [9.17, 15) is 18.4 Å². The van der Waals surface area contributed by atoms with Gasteiger partial charge in [0, 0.05) is 19.2 Å². The van der Waals surface area contributed by atoms with Crippen LogP contribution in [0.15, 0.2) is 65.7 Å². The first-order chi connectivity index (χ1) is 15.8. The Morgan fingerprint density at radius 1 is 1.18 bits per heavy atom. The summed E-state index contributed by atoms with van der Waals surface area (Å²) in [7, 11) is 0. The first-order valence-corrected chi connectivity index (χ1v) is 10.3. The first-order valence-electron chi connectivity index (χ1n) is 10.3. The summed E-state index contributed by atoms with van der Waals surface area (Å²) >= 11 is 0. The van der Waals surface area contributed by atoms with Crippen LogP contribution < -0.4 is 16.2 Å². The number of piperidine rings is 1. The number of aliphatic imine (C=N–C) groups is 1. The van der Waals surface area contributed by atoms with Gasteiger partial charge in [-0.15, -0.1) is 0 Å². The zero-order chi connectivity index (χ0) is 24.0. The van der Waals surface area contributed by atoms with Crippen molar-refractivity contribution in [1.82, 2.24) is 4.90 Å². The number of halogens is 2. The number of amides is 1.